The molecule has 104 valence electrons. The second-order valence-corrected chi connectivity index (χ2v) is 4.60. The molecule has 0 aliphatic heterocycles. The summed E-state index contributed by atoms with van der Waals surface area (Å²) in [6.07, 6.45) is 0.864. The monoisotopic (exact) mass is 266 g/mol. The van der Waals surface area contributed by atoms with E-state index < -0.39 is 12.0 Å². The minimum absolute atomic E-state index is 0.250. The average Bonchev–Trinajstić information content (AvgIpc) is 2.30. The van der Waals surface area contributed by atoms with Gasteiger partial charge in [0, 0.05) is 12.2 Å². The number of carboxylic acids is 1. The van der Waals surface area contributed by atoms with Crippen LogP contribution >= 0.6 is 0 Å². The number of rotatable bonds is 5. The molecule has 0 saturated heterocycles. The normalized spacial score (nSPS) is 10.3. The molecule has 6 heteroatoms. The number of carbonyl (C=O) groups excluding carboxylic acids is 1. The van der Waals surface area contributed by atoms with E-state index in [1.54, 1.807) is 0 Å². The third kappa shape index (κ3) is 4.87. The Hall–Kier alpha value is -2.24. The zero-order valence-electron chi connectivity index (χ0n) is 10.9. The maximum Gasteiger partial charge on any atom is 0.339 e. The van der Waals surface area contributed by atoms with Crippen LogP contribution in [0.15, 0.2) is 18.2 Å². The number of anilines is 1. The van der Waals surface area contributed by atoms with Gasteiger partial charge in [-0.25, -0.2) is 9.59 Å². The van der Waals surface area contributed by atoms with Gasteiger partial charge < -0.3 is 20.8 Å². The van der Waals surface area contributed by atoms with Gasteiger partial charge in [0.15, 0.2) is 0 Å². The van der Waals surface area contributed by atoms with E-state index in [0.717, 1.165) is 6.42 Å². The summed E-state index contributed by atoms with van der Waals surface area (Å²) in [5, 5.41) is 23.4. The summed E-state index contributed by atoms with van der Waals surface area (Å²) in [5.41, 5.74) is 0.0669. The fourth-order valence-corrected chi connectivity index (χ4v) is 1.43. The molecule has 1 aromatic carbocycles. The van der Waals surface area contributed by atoms with Crippen LogP contribution in [0.5, 0.6) is 5.75 Å². The summed E-state index contributed by atoms with van der Waals surface area (Å²) in [7, 11) is 0. The maximum absolute atomic E-state index is 11.5. The van der Waals surface area contributed by atoms with E-state index in [4.69, 9.17) is 5.11 Å². The highest BCUT2D eigenvalue weighted by Crippen LogP contribution is 2.21. The van der Waals surface area contributed by atoms with Crippen molar-refractivity contribution in [1.29, 1.82) is 0 Å². The molecule has 2 amide bonds. The van der Waals surface area contributed by atoms with E-state index in [-0.39, 0.29) is 11.3 Å². The Balaban J connectivity index is 2.60. The number of carbonyl (C=O) groups is 2. The molecule has 0 saturated carbocycles. The first-order chi connectivity index (χ1) is 8.90. The number of benzene rings is 1. The van der Waals surface area contributed by atoms with Crippen LogP contribution in [0.1, 0.15) is 30.6 Å². The maximum atomic E-state index is 11.5. The van der Waals surface area contributed by atoms with Gasteiger partial charge in [0.05, 0.1) is 0 Å². The number of aromatic hydroxyl groups is 1. The quantitative estimate of drug-likeness (QED) is 0.614. The molecule has 0 spiro atoms. The van der Waals surface area contributed by atoms with Crippen LogP contribution in [0.4, 0.5) is 10.5 Å². The summed E-state index contributed by atoms with van der Waals surface area (Å²) < 4.78 is 0. The highest BCUT2D eigenvalue weighted by Gasteiger charge is 2.11. The van der Waals surface area contributed by atoms with E-state index >= 15 is 0 Å². The SMILES string of the molecule is CC(C)CCNC(=O)Nc1ccc(O)c(C(=O)O)c1. The van der Waals surface area contributed by atoms with E-state index in [1.165, 1.54) is 18.2 Å². The molecular weight excluding hydrogens is 248 g/mol. The largest absolute Gasteiger partial charge is 0.507 e. The van der Waals surface area contributed by atoms with E-state index in [9.17, 15) is 14.7 Å². The molecule has 0 heterocycles. The van der Waals surface area contributed by atoms with E-state index in [2.05, 4.69) is 24.5 Å². The smallest absolute Gasteiger partial charge is 0.339 e. The van der Waals surface area contributed by atoms with Gasteiger partial charge in [0.1, 0.15) is 11.3 Å². The summed E-state index contributed by atoms with van der Waals surface area (Å²) in [6.45, 7) is 4.66. The molecule has 4 N–H and O–H groups in total. The highest BCUT2D eigenvalue weighted by molar-refractivity contribution is 5.95. The number of hydrogen-bond acceptors (Lipinski definition) is 3. The molecule has 0 radical (unpaired) electrons. The number of amides is 2. The van der Waals surface area contributed by atoms with Gasteiger partial charge in [-0.2, -0.15) is 0 Å². The van der Waals surface area contributed by atoms with Crippen LogP contribution in [-0.4, -0.2) is 28.8 Å². The Morgan fingerprint density at radius 2 is 2.00 bits per heavy atom. The molecule has 6 nitrogen and oxygen atoms in total. The molecule has 0 aromatic heterocycles. The van der Waals surface area contributed by atoms with Gasteiger partial charge in [0.2, 0.25) is 0 Å². The van der Waals surface area contributed by atoms with Crippen LogP contribution in [-0.2, 0) is 0 Å². The predicted octanol–water partition coefficient (Wildman–Crippen LogP) is 2.26. The molecule has 19 heavy (non-hydrogen) atoms. The molecule has 1 rings (SSSR count). The van der Waals surface area contributed by atoms with E-state index in [1.807, 2.05) is 0 Å². The number of aromatic carboxylic acids is 1. The first kappa shape index (κ1) is 14.8. The van der Waals surface area contributed by atoms with Gasteiger partial charge in [-0.3, -0.25) is 0 Å². The van der Waals surface area contributed by atoms with Gasteiger partial charge >= 0.3 is 12.0 Å². The zero-order valence-corrected chi connectivity index (χ0v) is 10.9. The van der Waals surface area contributed by atoms with Crippen LogP contribution in [0.2, 0.25) is 0 Å². The van der Waals surface area contributed by atoms with Crippen molar-refractivity contribution in [2.45, 2.75) is 20.3 Å². The second-order valence-electron chi connectivity index (χ2n) is 4.60. The van der Waals surface area contributed by atoms with Crippen molar-refractivity contribution in [3.05, 3.63) is 23.8 Å². The lowest BCUT2D eigenvalue weighted by Crippen LogP contribution is -2.30. The minimum atomic E-state index is -1.25. The molecule has 0 aliphatic rings. The molecule has 0 aliphatic carbocycles. The Bertz CT molecular complexity index is 472. The third-order valence-corrected chi connectivity index (χ3v) is 2.49. The third-order valence-electron chi connectivity index (χ3n) is 2.49. The Kier molecular flexibility index (Phi) is 5.17. The van der Waals surface area contributed by atoms with Crippen LogP contribution in [0, 0.1) is 5.92 Å². The van der Waals surface area contributed by atoms with E-state index in [0.29, 0.717) is 18.2 Å². The van der Waals surface area contributed by atoms with Crippen molar-refractivity contribution in [2.75, 3.05) is 11.9 Å². The van der Waals surface area contributed by atoms with Crippen molar-refractivity contribution in [2.24, 2.45) is 5.92 Å². The van der Waals surface area contributed by atoms with Gasteiger partial charge in [-0.05, 0) is 30.5 Å². The minimum Gasteiger partial charge on any atom is -0.507 e. The zero-order chi connectivity index (χ0) is 14.4. The van der Waals surface area contributed by atoms with Crippen molar-refractivity contribution in [3.8, 4) is 5.75 Å². The van der Waals surface area contributed by atoms with Crippen molar-refractivity contribution < 1.29 is 19.8 Å². The molecule has 0 fully saturated rings. The molecule has 1 aromatic rings. The van der Waals surface area contributed by atoms with Gasteiger partial charge in [-0.1, -0.05) is 13.8 Å². The highest BCUT2D eigenvalue weighted by atomic mass is 16.4. The molecule has 0 atom stereocenters. The Morgan fingerprint density at radius 1 is 1.32 bits per heavy atom. The Morgan fingerprint density at radius 3 is 2.58 bits per heavy atom. The van der Waals surface area contributed by atoms with Crippen molar-refractivity contribution >= 4 is 17.7 Å². The van der Waals surface area contributed by atoms with Gasteiger partial charge in [-0.15, -0.1) is 0 Å². The van der Waals surface area contributed by atoms with Crippen molar-refractivity contribution in [1.82, 2.24) is 5.32 Å². The molecular formula is C13H18N2O4. The molecule has 0 bridgehead atoms. The number of carboxylic acid groups (broad SMARTS) is 1. The standard InChI is InChI=1S/C13H18N2O4/c1-8(2)5-6-14-13(19)15-9-3-4-11(16)10(7-9)12(17)18/h3-4,7-8,16H,5-6H2,1-2H3,(H,17,18)(H2,14,15,19). The fraction of sp³-hybridized carbons (Fsp3) is 0.385. The summed E-state index contributed by atoms with van der Waals surface area (Å²) >= 11 is 0. The summed E-state index contributed by atoms with van der Waals surface area (Å²) in [4.78, 5) is 22.3. The lowest BCUT2D eigenvalue weighted by Gasteiger charge is -2.09. The van der Waals surface area contributed by atoms with Gasteiger partial charge in [0.25, 0.3) is 0 Å². The lowest BCUT2D eigenvalue weighted by atomic mass is 10.1. The van der Waals surface area contributed by atoms with Crippen LogP contribution in [0.25, 0.3) is 0 Å². The number of hydrogen-bond donors (Lipinski definition) is 4. The first-order valence-electron chi connectivity index (χ1n) is 6.01. The summed E-state index contributed by atoms with van der Waals surface area (Å²) in [5.74, 6) is -1.09. The number of phenols is 1. The van der Waals surface area contributed by atoms with Crippen molar-refractivity contribution in [3.63, 3.8) is 0 Å². The van der Waals surface area contributed by atoms with Crippen LogP contribution < -0.4 is 10.6 Å². The fourth-order valence-electron chi connectivity index (χ4n) is 1.43. The number of nitrogens with one attached hydrogen (secondary N) is 2. The predicted molar refractivity (Wildman–Crippen MR) is 71.5 cm³/mol. The number of urea groups is 1. The van der Waals surface area contributed by atoms with Crippen LogP contribution in [0.3, 0.4) is 0 Å². The topological polar surface area (TPSA) is 98.7 Å². The summed E-state index contributed by atoms with van der Waals surface area (Å²) in [6, 6.07) is 3.47. The lowest BCUT2D eigenvalue weighted by molar-refractivity contribution is 0.0693. The average molecular weight is 266 g/mol. The first-order valence-corrected chi connectivity index (χ1v) is 6.01. The Labute approximate surface area is 111 Å². The second kappa shape index (κ2) is 6.63. The molecule has 0 unspecified atom stereocenters.